The van der Waals surface area contributed by atoms with Gasteiger partial charge in [0.15, 0.2) is 5.76 Å². The van der Waals surface area contributed by atoms with E-state index in [0.29, 0.717) is 16.9 Å². The van der Waals surface area contributed by atoms with Crippen molar-refractivity contribution in [2.24, 2.45) is 5.10 Å². The average Bonchev–Trinajstić information content (AvgIpc) is 3.05. The molecule has 2 aromatic carbocycles. The van der Waals surface area contributed by atoms with Gasteiger partial charge in [0.25, 0.3) is 5.69 Å². The summed E-state index contributed by atoms with van der Waals surface area (Å²) in [6.45, 7) is 4.23. The fourth-order valence-electron chi connectivity index (χ4n) is 2.44. The topological polar surface area (TPSA) is 97.7 Å². The fraction of sp³-hybridized carbons (Fsp3) is 0.158. The maximum Gasteiger partial charge on any atom is 0.307 e. The highest BCUT2D eigenvalue weighted by molar-refractivity contribution is 5.97. The standard InChI is InChI=1S/C19H17N3O4/c1-12(2)14-5-3-13(4-6-14)11-20-21-19(23)18-10-15-9-16(22(24)25)7-8-17(15)26-18/h3-12H,1-2H3,(H,21,23)/b20-11+. The molecule has 1 N–H and O–H groups in total. The van der Waals surface area contributed by atoms with Crippen LogP contribution in [0, 0.1) is 10.1 Å². The van der Waals surface area contributed by atoms with Crippen molar-refractivity contribution in [1.29, 1.82) is 0 Å². The Morgan fingerprint density at radius 1 is 1.19 bits per heavy atom. The molecule has 0 bridgehead atoms. The molecule has 0 radical (unpaired) electrons. The Hall–Kier alpha value is -3.48. The van der Waals surface area contributed by atoms with Gasteiger partial charge in [-0.25, -0.2) is 5.43 Å². The van der Waals surface area contributed by atoms with Crippen molar-refractivity contribution in [2.45, 2.75) is 19.8 Å². The van der Waals surface area contributed by atoms with E-state index in [1.807, 2.05) is 24.3 Å². The summed E-state index contributed by atoms with van der Waals surface area (Å²) in [6.07, 6.45) is 1.54. The molecule has 0 aliphatic carbocycles. The van der Waals surface area contributed by atoms with Crippen LogP contribution in [-0.2, 0) is 0 Å². The highest BCUT2D eigenvalue weighted by Crippen LogP contribution is 2.24. The normalized spacial score (nSPS) is 11.3. The van der Waals surface area contributed by atoms with E-state index in [0.717, 1.165) is 5.56 Å². The molecular formula is C19H17N3O4. The molecule has 0 aliphatic rings. The van der Waals surface area contributed by atoms with Crippen molar-refractivity contribution in [3.63, 3.8) is 0 Å². The molecule has 1 aromatic heterocycles. The van der Waals surface area contributed by atoms with Crippen LogP contribution in [0.25, 0.3) is 11.0 Å². The van der Waals surface area contributed by atoms with Crippen molar-refractivity contribution in [2.75, 3.05) is 0 Å². The Labute approximate surface area is 149 Å². The van der Waals surface area contributed by atoms with Crippen LogP contribution in [0.5, 0.6) is 0 Å². The third-order valence-electron chi connectivity index (χ3n) is 3.92. The number of carbonyl (C=O) groups excluding carboxylic acids is 1. The van der Waals surface area contributed by atoms with Crippen molar-refractivity contribution < 1.29 is 14.1 Å². The molecule has 1 heterocycles. The second-order valence-corrected chi connectivity index (χ2v) is 6.11. The molecule has 0 spiro atoms. The van der Waals surface area contributed by atoms with Gasteiger partial charge in [-0.1, -0.05) is 38.1 Å². The number of hydrogen-bond donors (Lipinski definition) is 1. The zero-order chi connectivity index (χ0) is 18.7. The number of nitrogens with one attached hydrogen (secondary N) is 1. The summed E-state index contributed by atoms with van der Waals surface area (Å²) in [5.41, 5.74) is 4.80. The molecule has 26 heavy (non-hydrogen) atoms. The van der Waals surface area contributed by atoms with Crippen molar-refractivity contribution in [3.8, 4) is 0 Å². The highest BCUT2D eigenvalue weighted by Gasteiger charge is 2.14. The molecule has 132 valence electrons. The van der Waals surface area contributed by atoms with Gasteiger partial charge in [-0.05, 0) is 29.2 Å². The van der Waals surface area contributed by atoms with Gasteiger partial charge in [-0.3, -0.25) is 14.9 Å². The first kappa shape index (κ1) is 17.3. The van der Waals surface area contributed by atoms with Crippen molar-refractivity contribution in [3.05, 3.63) is 75.5 Å². The van der Waals surface area contributed by atoms with E-state index >= 15 is 0 Å². The lowest BCUT2D eigenvalue weighted by molar-refractivity contribution is -0.384. The number of amides is 1. The van der Waals surface area contributed by atoms with Gasteiger partial charge in [0.1, 0.15) is 5.58 Å². The monoisotopic (exact) mass is 351 g/mol. The van der Waals surface area contributed by atoms with Gasteiger partial charge < -0.3 is 4.42 Å². The average molecular weight is 351 g/mol. The summed E-state index contributed by atoms with van der Waals surface area (Å²) in [6, 6.07) is 13.5. The van der Waals surface area contributed by atoms with Crippen LogP contribution in [0.2, 0.25) is 0 Å². The number of carbonyl (C=O) groups is 1. The Morgan fingerprint density at radius 2 is 1.92 bits per heavy atom. The number of hydrogen-bond acceptors (Lipinski definition) is 5. The van der Waals surface area contributed by atoms with Crippen LogP contribution >= 0.6 is 0 Å². The summed E-state index contributed by atoms with van der Waals surface area (Å²) in [5, 5.41) is 15.2. The van der Waals surface area contributed by atoms with Crippen LogP contribution in [0.3, 0.4) is 0 Å². The Kier molecular flexibility index (Phi) is 4.79. The number of furan rings is 1. The highest BCUT2D eigenvalue weighted by atomic mass is 16.6. The Bertz CT molecular complexity index is 988. The SMILES string of the molecule is CC(C)c1ccc(/C=N/NC(=O)c2cc3cc([N+](=O)[O-])ccc3o2)cc1. The van der Waals surface area contributed by atoms with E-state index in [1.54, 1.807) is 0 Å². The predicted molar refractivity (Wildman–Crippen MR) is 98.5 cm³/mol. The van der Waals surface area contributed by atoms with Crippen molar-refractivity contribution in [1.82, 2.24) is 5.43 Å². The van der Waals surface area contributed by atoms with Gasteiger partial charge in [0.2, 0.25) is 0 Å². The molecule has 7 nitrogen and oxygen atoms in total. The zero-order valence-corrected chi connectivity index (χ0v) is 14.3. The molecule has 0 atom stereocenters. The van der Waals surface area contributed by atoms with Crippen LogP contribution in [-0.4, -0.2) is 17.0 Å². The maximum atomic E-state index is 12.1. The molecule has 0 saturated carbocycles. The Balaban J connectivity index is 1.69. The number of nitrogens with zero attached hydrogens (tertiary/aromatic N) is 2. The van der Waals surface area contributed by atoms with Gasteiger partial charge in [0.05, 0.1) is 11.1 Å². The lowest BCUT2D eigenvalue weighted by Crippen LogP contribution is -2.16. The number of fused-ring (bicyclic) bond motifs is 1. The number of rotatable bonds is 5. The predicted octanol–water partition coefficient (Wildman–Crippen LogP) is 4.23. The lowest BCUT2D eigenvalue weighted by atomic mass is 10.0. The van der Waals surface area contributed by atoms with Crippen LogP contribution < -0.4 is 5.43 Å². The molecule has 3 rings (SSSR count). The van der Waals surface area contributed by atoms with E-state index in [4.69, 9.17) is 4.42 Å². The van der Waals surface area contributed by atoms with Crippen LogP contribution in [0.15, 0.2) is 58.0 Å². The number of benzene rings is 2. The maximum absolute atomic E-state index is 12.1. The first-order valence-corrected chi connectivity index (χ1v) is 8.05. The van der Waals surface area contributed by atoms with E-state index in [-0.39, 0.29) is 11.4 Å². The summed E-state index contributed by atoms with van der Waals surface area (Å²) in [4.78, 5) is 22.4. The number of nitro groups is 1. The van der Waals surface area contributed by atoms with E-state index < -0.39 is 10.8 Å². The minimum absolute atomic E-state index is 0.0350. The number of nitro benzene ring substituents is 1. The van der Waals surface area contributed by atoms with Gasteiger partial charge >= 0.3 is 5.91 Å². The van der Waals surface area contributed by atoms with E-state index in [9.17, 15) is 14.9 Å². The summed E-state index contributed by atoms with van der Waals surface area (Å²) >= 11 is 0. The molecule has 7 heteroatoms. The number of hydrazone groups is 1. The van der Waals surface area contributed by atoms with Gasteiger partial charge in [0, 0.05) is 17.5 Å². The summed E-state index contributed by atoms with van der Waals surface area (Å²) in [5.74, 6) is -0.0451. The largest absolute Gasteiger partial charge is 0.451 e. The zero-order valence-electron chi connectivity index (χ0n) is 14.3. The second kappa shape index (κ2) is 7.18. The third kappa shape index (κ3) is 3.77. The van der Waals surface area contributed by atoms with Crippen LogP contribution in [0.4, 0.5) is 5.69 Å². The minimum Gasteiger partial charge on any atom is -0.451 e. The smallest absolute Gasteiger partial charge is 0.307 e. The molecular weight excluding hydrogens is 334 g/mol. The van der Waals surface area contributed by atoms with Gasteiger partial charge in [-0.15, -0.1) is 0 Å². The minimum atomic E-state index is -0.529. The first-order valence-electron chi connectivity index (χ1n) is 8.05. The molecule has 0 saturated heterocycles. The Morgan fingerprint density at radius 3 is 2.58 bits per heavy atom. The van der Waals surface area contributed by atoms with Gasteiger partial charge in [-0.2, -0.15) is 5.10 Å². The first-order chi connectivity index (χ1) is 12.4. The third-order valence-corrected chi connectivity index (χ3v) is 3.92. The van der Waals surface area contributed by atoms with Crippen LogP contribution in [0.1, 0.15) is 41.4 Å². The lowest BCUT2D eigenvalue weighted by Gasteiger charge is -2.04. The fourth-order valence-corrected chi connectivity index (χ4v) is 2.44. The number of non-ortho nitro benzene ring substituents is 1. The quantitative estimate of drug-likeness (QED) is 0.422. The summed E-state index contributed by atoms with van der Waals surface area (Å²) < 4.78 is 5.40. The molecule has 1 amide bonds. The van der Waals surface area contributed by atoms with E-state index in [2.05, 4.69) is 24.4 Å². The molecule has 0 fully saturated rings. The van der Waals surface area contributed by atoms with Crippen molar-refractivity contribution >= 4 is 28.8 Å². The summed E-state index contributed by atoms with van der Waals surface area (Å²) in [7, 11) is 0. The molecule has 0 aliphatic heterocycles. The second-order valence-electron chi connectivity index (χ2n) is 6.11. The van der Waals surface area contributed by atoms with E-state index in [1.165, 1.54) is 36.0 Å². The molecule has 3 aromatic rings. The molecule has 0 unspecified atom stereocenters.